The number of carbonyl (C=O) groups is 1. The smallest absolute Gasteiger partial charge is 0.227 e. The molecule has 1 aliphatic rings. The minimum Gasteiger partial charge on any atom is -0.494 e. The Morgan fingerprint density at radius 2 is 2.29 bits per heavy atom. The lowest BCUT2D eigenvalue weighted by Crippen LogP contribution is -2.35. The summed E-state index contributed by atoms with van der Waals surface area (Å²) in [6.45, 7) is 10.2. The van der Waals surface area contributed by atoms with Gasteiger partial charge in [0.2, 0.25) is 5.91 Å². The molecular formula is C18H23FN2O3. The van der Waals surface area contributed by atoms with E-state index in [2.05, 4.69) is 11.6 Å². The normalized spacial score (nSPS) is 15.7. The highest BCUT2D eigenvalue weighted by Gasteiger charge is 2.25. The third-order valence-electron chi connectivity index (χ3n) is 3.79. The standard InChI is InChI=1S/C18H23FN2O3/c1-5-14(23-6-2)10-15(19)12(3)9-18(22)21-8-7-17-16(11-21)20-13(4)24-17/h5,10H,1,6-9,11H2,2-4H3/b14-10+,15-12-. The summed E-state index contributed by atoms with van der Waals surface area (Å²) < 4.78 is 24.9. The van der Waals surface area contributed by atoms with E-state index < -0.39 is 5.83 Å². The number of oxazole rings is 1. The fourth-order valence-electron chi connectivity index (χ4n) is 2.54. The predicted octanol–water partition coefficient (Wildman–Crippen LogP) is 3.61. The fourth-order valence-corrected chi connectivity index (χ4v) is 2.54. The van der Waals surface area contributed by atoms with Gasteiger partial charge >= 0.3 is 0 Å². The zero-order valence-corrected chi connectivity index (χ0v) is 14.4. The van der Waals surface area contributed by atoms with Crippen LogP contribution < -0.4 is 0 Å². The third kappa shape index (κ3) is 4.34. The molecule has 0 radical (unpaired) electrons. The minimum atomic E-state index is -0.471. The van der Waals surface area contributed by atoms with Crippen LogP contribution in [0.25, 0.3) is 0 Å². The summed E-state index contributed by atoms with van der Waals surface area (Å²) in [6.07, 6.45) is 3.36. The van der Waals surface area contributed by atoms with Crippen LogP contribution in [0.15, 0.2) is 40.3 Å². The summed E-state index contributed by atoms with van der Waals surface area (Å²) in [4.78, 5) is 18.4. The lowest BCUT2D eigenvalue weighted by molar-refractivity contribution is -0.131. The number of carbonyl (C=O) groups excluding carboxylic acids is 1. The monoisotopic (exact) mass is 334 g/mol. The number of fused-ring (bicyclic) bond motifs is 1. The molecule has 0 atom stereocenters. The first kappa shape index (κ1) is 18.0. The molecule has 0 N–H and O–H groups in total. The van der Waals surface area contributed by atoms with Crippen molar-refractivity contribution in [2.24, 2.45) is 0 Å². The second-order valence-electron chi connectivity index (χ2n) is 5.66. The largest absolute Gasteiger partial charge is 0.494 e. The Morgan fingerprint density at radius 1 is 1.54 bits per heavy atom. The van der Waals surface area contributed by atoms with Gasteiger partial charge in [0, 0.05) is 26.0 Å². The van der Waals surface area contributed by atoms with Gasteiger partial charge in [0.15, 0.2) is 5.89 Å². The molecule has 0 saturated heterocycles. The highest BCUT2D eigenvalue weighted by molar-refractivity contribution is 5.79. The summed E-state index contributed by atoms with van der Waals surface area (Å²) in [5.74, 6) is 1.20. The van der Waals surface area contributed by atoms with Gasteiger partial charge in [0.1, 0.15) is 23.0 Å². The molecule has 0 aromatic carbocycles. The molecule has 1 aromatic rings. The van der Waals surface area contributed by atoms with Gasteiger partial charge in [-0.25, -0.2) is 9.37 Å². The van der Waals surface area contributed by atoms with Gasteiger partial charge in [-0.3, -0.25) is 4.79 Å². The number of hydrogen-bond acceptors (Lipinski definition) is 4. The van der Waals surface area contributed by atoms with Crippen LogP contribution in [0.2, 0.25) is 0 Å². The average molecular weight is 334 g/mol. The maximum absolute atomic E-state index is 14.2. The summed E-state index contributed by atoms with van der Waals surface area (Å²) in [6, 6.07) is 0. The van der Waals surface area contributed by atoms with E-state index in [9.17, 15) is 9.18 Å². The molecule has 5 nitrogen and oxygen atoms in total. The minimum absolute atomic E-state index is 0.0189. The quantitative estimate of drug-likeness (QED) is 0.589. The lowest BCUT2D eigenvalue weighted by Gasteiger charge is -2.25. The zero-order valence-electron chi connectivity index (χ0n) is 14.4. The number of ether oxygens (including phenoxy) is 1. The van der Waals surface area contributed by atoms with Crippen molar-refractivity contribution < 1.29 is 18.3 Å². The Bertz CT molecular complexity index is 688. The Morgan fingerprint density at radius 3 is 2.96 bits per heavy atom. The van der Waals surface area contributed by atoms with E-state index >= 15 is 0 Å². The Balaban J connectivity index is 2.03. The highest BCUT2D eigenvalue weighted by Crippen LogP contribution is 2.22. The Hall–Kier alpha value is -2.37. The molecule has 130 valence electrons. The topological polar surface area (TPSA) is 55.6 Å². The first-order valence-corrected chi connectivity index (χ1v) is 7.99. The van der Waals surface area contributed by atoms with Gasteiger partial charge in [-0.05, 0) is 25.5 Å². The predicted molar refractivity (Wildman–Crippen MR) is 88.7 cm³/mol. The molecule has 24 heavy (non-hydrogen) atoms. The first-order valence-electron chi connectivity index (χ1n) is 7.99. The van der Waals surface area contributed by atoms with E-state index in [-0.39, 0.29) is 12.3 Å². The third-order valence-corrected chi connectivity index (χ3v) is 3.79. The van der Waals surface area contributed by atoms with Crippen LogP contribution in [0.3, 0.4) is 0 Å². The van der Waals surface area contributed by atoms with Gasteiger partial charge in [0.05, 0.1) is 19.6 Å². The molecule has 6 heteroatoms. The van der Waals surface area contributed by atoms with Crippen molar-refractivity contribution in [3.63, 3.8) is 0 Å². The van der Waals surface area contributed by atoms with Crippen LogP contribution in [0, 0.1) is 6.92 Å². The van der Waals surface area contributed by atoms with Crippen molar-refractivity contribution in [3.8, 4) is 0 Å². The molecule has 0 aliphatic carbocycles. The zero-order chi connectivity index (χ0) is 17.7. The van der Waals surface area contributed by atoms with E-state index in [1.165, 1.54) is 12.2 Å². The van der Waals surface area contributed by atoms with Crippen molar-refractivity contribution in [2.45, 2.75) is 40.2 Å². The fraction of sp³-hybridized carbons (Fsp3) is 0.444. The van der Waals surface area contributed by atoms with Gasteiger partial charge in [-0.2, -0.15) is 0 Å². The average Bonchev–Trinajstić information content (AvgIpc) is 2.93. The van der Waals surface area contributed by atoms with Gasteiger partial charge in [-0.1, -0.05) is 6.58 Å². The summed E-state index contributed by atoms with van der Waals surface area (Å²) in [5, 5.41) is 0. The molecule has 1 aromatic heterocycles. The second kappa shape index (κ2) is 7.95. The van der Waals surface area contributed by atoms with Crippen molar-refractivity contribution in [3.05, 3.63) is 53.2 Å². The number of halogens is 1. The molecule has 2 heterocycles. The van der Waals surface area contributed by atoms with E-state index in [0.29, 0.717) is 43.3 Å². The second-order valence-corrected chi connectivity index (χ2v) is 5.66. The van der Waals surface area contributed by atoms with Crippen molar-refractivity contribution in [1.29, 1.82) is 0 Å². The Kier molecular flexibility index (Phi) is 5.95. The molecule has 1 amide bonds. The van der Waals surface area contributed by atoms with Crippen molar-refractivity contribution in [2.75, 3.05) is 13.2 Å². The molecule has 2 rings (SSSR count). The van der Waals surface area contributed by atoms with Crippen LogP contribution in [-0.2, 0) is 22.5 Å². The number of hydrogen-bond donors (Lipinski definition) is 0. The van der Waals surface area contributed by atoms with E-state index in [1.807, 2.05) is 6.92 Å². The van der Waals surface area contributed by atoms with Crippen LogP contribution in [0.5, 0.6) is 0 Å². The van der Waals surface area contributed by atoms with E-state index in [0.717, 1.165) is 11.5 Å². The SMILES string of the molecule is C=C/C(=C\C(F)=C(/C)CC(=O)N1CCc2oc(C)nc2C1)OCC. The van der Waals surface area contributed by atoms with Crippen LogP contribution in [0.1, 0.15) is 37.6 Å². The van der Waals surface area contributed by atoms with Gasteiger partial charge < -0.3 is 14.1 Å². The molecule has 0 spiro atoms. The van der Waals surface area contributed by atoms with Crippen molar-refractivity contribution >= 4 is 5.91 Å². The number of aromatic nitrogens is 1. The number of nitrogens with zero attached hydrogens (tertiary/aromatic N) is 2. The maximum Gasteiger partial charge on any atom is 0.227 e. The van der Waals surface area contributed by atoms with Crippen LogP contribution in [0.4, 0.5) is 4.39 Å². The highest BCUT2D eigenvalue weighted by atomic mass is 19.1. The molecule has 0 fully saturated rings. The number of rotatable bonds is 6. The number of aryl methyl sites for hydroxylation is 1. The first-order chi connectivity index (χ1) is 11.4. The van der Waals surface area contributed by atoms with Crippen LogP contribution >= 0.6 is 0 Å². The van der Waals surface area contributed by atoms with Gasteiger partial charge in [0.25, 0.3) is 0 Å². The Labute approximate surface area is 141 Å². The number of amides is 1. The molecule has 0 unspecified atom stereocenters. The lowest BCUT2D eigenvalue weighted by atomic mass is 10.1. The molecule has 0 bridgehead atoms. The van der Waals surface area contributed by atoms with Crippen LogP contribution in [-0.4, -0.2) is 28.9 Å². The molecular weight excluding hydrogens is 311 g/mol. The van der Waals surface area contributed by atoms with E-state index in [1.54, 1.807) is 18.7 Å². The summed E-state index contributed by atoms with van der Waals surface area (Å²) >= 11 is 0. The summed E-state index contributed by atoms with van der Waals surface area (Å²) in [7, 11) is 0. The molecule has 0 saturated carbocycles. The van der Waals surface area contributed by atoms with Crippen molar-refractivity contribution in [1.82, 2.24) is 9.88 Å². The van der Waals surface area contributed by atoms with E-state index in [4.69, 9.17) is 9.15 Å². The summed E-state index contributed by atoms with van der Waals surface area (Å²) in [5.41, 5.74) is 1.15. The maximum atomic E-state index is 14.2. The molecule has 1 aliphatic heterocycles. The van der Waals surface area contributed by atoms with Gasteiger partial charge in [-0.15, -0.1) is 0 Å². The number of allylic oxidation sites excluding steroid dienone is 3.